The number of halogens is 2. The van der Waals surface area contributed by atoms with E-state index in [1.807, 2.05) is 49.4 Å². The summed E-state index contributed by atoms with van der Waals surface area (Å²) in [6.45, 7) is 4.21. The van der Waals surface area contributed by atoms with Crippen molar-refractivity contribution in [1.29, 1.82) is 0 Å². The third-order valence-electron chi connectivity index (χ3n) is 6.68. The van der Waals surface area contributed by atoms with Crippen molar-refractivity contribution >= 4 is 21.0 Å². The Balaban J connectivity index is 1.39. The van der Waals surface area contributed by atoms with E-state index in [1.54, 1.807) is 0 Å². The highest BCUT2D eigenvalue weighted by Crippen LogP contribution is 2.43. The second-order valence-corrected chi connectivity index (χ2v) is 11.5. The summed E-state index contributed by atoms with van der Waals surface area (Å²) in [5.74, 6) is -0.0847. The number of hydrogen-bond acceptors (Lipinski definition) is 4. The van der Waals surface area contributed by atoms with Gasteiger partial charge in [-0.1, -0.05) is 35.9 Å². The molecule has 182 valence electrons. The molecule has 4 nitrogen and oxygen atoms in total. The Bertz CT molecular complexity index is 1360. The van der Waals surface area contributed by atoms with Gasteiger partial charge in [0.1, 0.15) is 24.0 Å². The van der Waals surface area contributed by atoms with Gasteiger partial charge in [-0.15, -0.1) is 0 Å². The minimum absolute atomic E-state index is 0.197. The first-order valence-electron chi connectivity index (χ1n) is 11.7. The minimum atomic E-state index is -2.90. The molecule has 3 aromatic rings. The van der Waals surface area contributed by atoms with Crippen molar-refractivity contribution in [3.05, 3.63) is 100 Å². The molecule has 1 heterocycles. The quantitative estimate of drug-likeness (QED) is 0.488. The average molecular weight is 496 g/mol. The molecular weight excluding hydrogens is 468 g/mol. The van der Waals surface area contributed by atoms with Crippen LogP contribution in [0.1, 0.15) is 27.8 Å². The standard InChI is InChI=1S/C28H27F2NO3S/c1-19-2-4-20(5-3-19)27-17-21-16-25(34-11-8-31-9-12-35(32,33)13-10-31)6-7-26(21)28(27)22-14-23(29)18-24(30)15-22/h2-7,14-16,18H,8-13,17H2,1H3. The molecule has 35 heavy (non-hydrogen) atoms. The minimum Gasteiger partial charge on any atom is -0.492 e. The van der Waals surface area contributed by atoms with Crippen LogP contribution in [0.2, 0.25) is 0 Å². The molecule has 0 radical (unpaired) electrons. The van der Waals surface area contributed by atoms with Crippen LogP contribution in [0.15, 0.2) is 60.7 Å². The third kappa shape index (κ3) is 5.31. The van der Waals surface area contributed by atoms with Gasteiger partial charge in [0, 0.05) is 25.7 Å². The van der Waals surface area contributed by atoms with Crippen molar-refractivity contribution in [2.45, 2.75) is 13.3 Å². The predicted molar refractivity (Wildman–Crippen MR) is 134 cm³/mol. The highest BCUT2D eigenvalue weighted by atomic mass is 32.2. The fraction of sp³-hybridized carbons (Fsp3) is 0.286. The lowest BCUT2D eigenvalue weighted by Crippen LogP contribution is -2.42. The van der Waals surface area contributed by atoms with Crippen LogP contribution in [0.5, 0.6) is 5.75 Å². The number of fused-ring (bicyclic) bond motifs is 1. The Morgan fingerprint density at radius 1 is 0.886 bits per heavy atom. The maximum atomic E-state index is 14.1. The lowest BCUT2D eigenvalue weighted by Gasteiger charge is -2.26. The van der Waals surface area contributed by atoms with Crippen molar-refractivity contribution in [2.75, 3.05) is 37.7 Å². The number of ether oxygens (including phenoxy) is 1. The normalized spacial score (nSPS) is 17.5. The molecule has 0 unspecified atom stereocenters. The van der Waals surface area contributed by atoms with Gasteiger partial charge >= 0.3 is 0 Å². The van der Waals surface area contributed by atoms with Gasteiger partial charge in [-0.2, -0.15) is 0 Å². The van der Waals surface area contributed by atoms with Gasteiger partial charge in [0.25, 0.3) is 0 Å². The van der Waals surface area contributed by atoms with E-state index < -0.39 is 21.5 Å². The second-order valence-electron chi connectivity index (χ2n) is 9.22. The van der Waals surface area contributed by atoms with Crippen LogP contribution in [-0.4, -0.2) is 51.1 Å². The molecule has 7 heteroatoms. The number of nitrogens with zero attached hydrogens (tertiary/aromatic N) is 1. The zero-order valence-electron chi connectivity index (χ0n) is 19.6. The summed E-state index contributed by atoms with van der Waals surface area (Å²) in [5, 5.41) is 0. The van der Waals surface area contributed by atoms with Gasteiger partial charge in [-0.05, 0) is 71.0 Å². The molecule has 2 aliphatic rings. The molecule has 3 aromatic carbocycles. The van der Waals surface area contributed by atoms with Gasteiger partial charge in [-0.3, -0.25) is 4.90 Å². The molecule has 0 aromatic heterocycles. The smallest absolute Gasteiger partial charge is 0.152 e. The van der Waals surface area contributed by atoms with Gasteiger partial charge in [0.05, 0.1) is 11.5 Å². The molecule has 0 bridgehead atoms. The topological polar surface area (TPSA) is 46.6 Å². The maximum Gasteiger partial charge on any atom is 0.152 e. The fourth-order valence-corrected chi connectivity index (χ4v) is 6.06. The van der Waals surface area contributed by atoms with Gasteiger partial charge in [0.2, 0.25) is 0 Å². The molecule has 1 aliphatic carbocycles. The van der Waals surface area contributed by atoms with Gasteiger partial charge in [-0.25, -0.2) is 17.2 Å². The summed E-state index contributed by atoms with van der Waals surface area (Å²) in [6, 6.07) is 17.6. The monoisotopic (exact) mass is 495 g/mol. The first-order valence-corrected chi connectivity index (χ1v) is 13.6. The van der Waals surface area contributed by atoms with E-state index in [1.165, 1.54) is 12.1 Å². The second kappa shape index (κ2) is 9.55. The summed E-state index contributed by atoms with van der Waals surface area (Å²) < 4.78 is 57.4. The Hall–Kier alpha value is -3.03. The van der Waals surface area contributed by atoms with Gasteiger partial charge < -0.3 is 4.74 Å². The molecule has 1 saturated heterocycles. The number of allylic oxidation sites excluding steroid dienone is 1. The average Bonchev–Trinajstić information content (AvgIpc) is 3.19. The zero-order chi connectivity index (χ0) is 24.6. The molecule has 0 N–H and O–H groups in total. The summed E-state index contributed by atoms with van der Waals surface area (Å²) >= 11 is 0. The van der Waals surface area contributed by atoms with E-state index in [9.17, 15) is 17.2 Å². The molecule has 0 saturated carbocycles. The zero-order valence-corrected chi connectivity index (χ0v) is 20.4. The van der Waals surface area contributed by atoms with E-state index >= 15 is 0 Å². The van der Waals surface area contributed by atoms with Crippen molar-refractivity contribution in [2.24, 2.45) is 0 Å². The Morgan fingerprint density at radius 3 is 2.26 bits per heavy atom. The molecular formula is C28H27F2NO3S. The summed E-state index contributed by atoms with van der Waals surface area (Å²) in [5.41, 5.74) is 6.53. The summed E-state index contributed by atoms with van der Waals surface area (Å²) in [4.78, 5) is 2.10. The number of aryl methyl sites for hydroxylation is 1. The number of rotatable bonds is 6. The first-order chi connectivity index (χ1) is 16.8. The predicted octanol–water partition coefficient (Wildman–Crippen LogP) is 4.90. The van der Waals surface area contributed by atoms with Crippen LogP contribution in [-0.2, 0) is 16.3 Å². The SMILES string of the molecule is Cc1ccc(C2=C(c3cc(F)cc(F)c3)c3ccc(OCCN4CCS(=O)(=O)CC4)cc3C2)cc1. The molecule has 0 amide bonds. The Kier molecular flexibility index (Phi) is 6.47. The number of hydrogen-bond donors (Lipinski definition) is 0. The largest absolute Gasteiger partial charge is 0.492 e. The highest BCUT2D eigenvalue weighted by molar-refractivity contribution is 7.91. The van der Waals surface area contributed by atoms with Crippen LogP contribution < -0.4 is 4.74 Å². The van der Waals surface area contributed by atoms with Crippen LogP contribution in [0, 0.1) is 18.6 Å². The van der Waals surface area contributed by atoms with Crippen LogP contribution in [0.4, 0.5) is 8.78 Å². The van der Waals surface area contributed by atoms with E-state index in [0.717, 1.165) is 45.2 Å². The van der Waals surface area contributed by atoms with E-state index in [-0.39, 0.29) is 11.5 Å². The van der Waals surface area contributed by atoms with Crippen LogP contribution in [0.3, 0.4) is 0 Å². The number of benzene rings is 3. The van der Waals surface area contributed by atoms with Crippen molar-refractivity contribution in [1.82, 2.24) is 4.90 Å². The Morgan fingerprint density at radius 2 is 1.57 bits per heavy atom. The third-order valence-corrected chi connectivity index (χ3v) is 8.29. The van der Waals surface area contributed by atoms with E-state index in [2.05, 4.69) is 4.90 Å². The van der Waals surface area contributed by atoms with Crippen molar-refractivity contribution in [3.63, 3.8) is 0 Å². The molecule has 1 aliphatic heterocycles. The molecule has 0 atom stereocenters. The summed E-state index contributed by atoms with van der Waals surface area (Å²) in [6.07, 6.45) is 0.632. The fourth-order valence-electron chi connectivity index (χ4n) is 4.79. The lowest BCUT2D eigenvalue weighted by molar-refractivity contribution is 0.219. The molecule has 1 fully saturated rings. The van der Waals surface area contributed by atoms with Gasteiger partial charge in [0.15, 0.2) is 9.84 Å². The van der Waals surface area contributed by atoms with Crippen molar-refractivity contribution < 1.29 is 21.9 Å². The summed E-state index contributed by atoms with van der Waals surface area (Å²) in [7, 11) is -2.90. The first kappa shape index (κ1) is 23.7. The Labute approximate surface area is 204 Å². The van der Waals surface area contributed by atoms with Crippen LogP contribution in [0.25, 0.3) is 11.1 Å². The number of sulfone groups is 1. The van der Waals surface area contributed by atoms with Crippen molar-refractivity contribution in [3.8, 4) is 5.75 Å². The maximum absolute atomic E-state index is 14.1. The molecule has 0 spiro atoms. The highest BCUT2D eigenvalue weighted by Gasteiger charge is 2.26. The molecule has 5 rings (SSSR count). The van der Waals surface area contributed by atoms with Crippen LogP contribution >= 0.6 is 0 Å². The lowest BCUT2D eigenvalue weighted by atomic mass is 9.94. The van der Waals surface area contributed by atoms with E-state index in [4.69, 9.17) is 4.74 Å². The van der Waals surface area contributed by atoms with E-state index in [0.29, 0.717) is 38.2 Å².